The van der Waals surface area contributed by atoms with Crippen LogP contribution >= 0.6 is 15.9 Å². The summed E-state index contributed by atoms with van der Waals surface area (Å²) in [6.45, 7) is 6.94. The number of benzene rings is 1. The van der Waals surface area contributed by atoms with Crippen LogP contribution in [0.15, 0.2) is 35.1 Å². The molecule has 0 atom stereocenters. The summed E-state index contributed by atoms with van der Waals surface area (Å²) in [5, 5.41) is 2.15. The standard InChI is InChI=1S/C19H23BrN2O3/c1-19(2,3)25-18(23)22-10-7-14(8-11-22)24-16-5-4-13-12-21-9-6-15(13)17(16)20/h4-6,9,12,14H,7-8,10-11H2,1-3H3. The van der Waals surface area contributed by atoms with E-state index in [1.807, 2.05) is 45.2 Å². The molecule has 25 heavy (non-hydrogen) atoms. The summed E-state index contributed by atoms with van der Waals surface area (Å²) in [5.74, 6) is 0.828. The average Bonchev–Trinajstić information content (AvgIpc) is 2.57. The lowest BCUT2D eigenvalue weighted by Crippen LogP contribution is -2.44. The number of aromatic nitrogens is 1. The van der Waals surface area contributed by atoms with E-state index >= 15 is 0 Å². The van der Waals surface area contributed by atoms with Crippen LogP contribution in [0, 0.1) is 0 Å². The number of hydrogen-bond donors (Lipinski definition) is 0. The molecule has 0 spiro atoms. The van der Waals surface area contributed by atoms with Crippen LogP contribution < -0.4 is 4.74 Å². The van der Waals surface area contributed by atoms with Crippen molar-refractivity contribution >= 4 is 32.8 Å². The van der Waals surface area contributed by atoms with E-state index in [1.165, 1.54) is 0 Å². The fourth-order valence-corrected chi connectivity index (χ4v) is 3.45. The molecule has 0 N–H and O–H groups in total. The molecule has 1 aliphatic rings. The van der Waals surface area contributed by atoms with E-state index in [0.717, 1.165) is 33.8 Å². The van der Waals surface area contributed by atoms with Crippen molar-refractivity contribution in [2.75, 3.05) is 13.1 Å². The quantitative estimate of drug-likeness (QED) is 0.719. The number of fused-ring (bicyclic) bond motifs is 1. The van der Waals surface area contributed by atoms with Crippen molar-refractivity contribution in [3.63, 3.8) is 0 Å². The number of nitrogens with zero attached hydrogens (tertiary/aromatic N) is 2. The first kappa shape index (κ1) is 18.0. The monoisotopic (exact) mass is 406 g/mol. The number of carbonyl (C=O) groups is 1. The smallest absolute Gasteiger partial charge is 0.410 e. The summed E-state index contributed by atoms with van der Waals surface area (Å²) in [4.78, 5) is 18.0. The molecule has 0 saturated carbocycles. The lowest BCUT2D eigenvalue weighted by Gasteiger charge is -2.33. The number of hydrogen-bond acceptors (Lipinski definition) is 4. The number of pyridine rings is 1. The largest absolute Gasteiger partial charge is 0.489 e. The van der Waals surface area contributed by atoms with E-state index in [2.05, 4.69) is 20.9 Å². The van der Waals surface area contributed by atoms with E-state index in [-0.39, 0.29) is 12.2 Å². The van der Waals surface area contributed by atoms with Gasteiger partial charge in [-0.2, -0.15) is 0 Å². The van der Waals surface area contributed by atoms with Crippen LogP contribution in [-0.2, 0) is 4.74 Å². The number of rotatable bonds is 2. The first-order valence-electron chi connectivity index (χ1n) is 8.50. The maximum atomic E-state index is 12.1. The van der Waals surface area contributed by atoms with Gasteiger partial charge in [0, 0.05) is 49.1 Å². The first-order chi connectivity index (χ1) is 11.8. The molecule has 1 amide bonds. The van der Waals surface area contributed by atoms with Crippen molar-refractivity contribution in [1.82, 2.24) is 9.88 Å². The van der Waals surface area contributed by atoms with Crippen molar-refractivity contribution < 1.29 is 14.3 Å². The van der Waals surface area contributed by atoms with Gasteiger partial charge in [0.15, 0.2) is 0 Å². The summed E-state index contributed by atoms with van der Waals surface area (Å²) >= 11 is 3.64. The molecule has 0 unspecified atom stereocenters. The SMILES string of the molecule is CC(C)(C)OC(=O)N1CCC(Oc2ccc3cnccc3c2Br)CC1. The van der Waals surface area contributed by atoms with Crippen molar-refractivity contribution in [3.8, 4) is 5.75 Å². The second-order valence-electron chi connectivity index (χ2n) is 7.26. The van der Waals surface area contributed by atoms with Gasteiger partial charge in [-0.25, -0.2) is 4.79 Å². The summed E-state index contributed by atoms with van der Waals surface area (Å²) in [7, 11) is 0. The molecule has 5 nitrogen and oxygen atoms in total. The third kappa shape index (κ3) is 4.42. The van der Waals surface area contributed by atoms with Gasteiger partial charge in [-0.15, -0.1) is 0 Å². The number of likely N-dealkylation sites (tertiary alicyclic amines) is 1. The fourth-order valence-electron chi connectivity index (χ4n) is 2.86. The Kier molecular flexibility index (Phi) is 5.18. The zero-order chi connectivity index (χ0) is 18.0. The maximum absolute atomic E-state index is 12.1. The van der Waals surface area contributed by atoms with Gasteiger partial charge in [-0.05, 0) is 54.9 Å². The zero-order valence-electron chi connectivity index (χ0n) is 14.8. The highest BCUT2D eigenvalue weighted by molar-refractivity contribution is 9.10. The normalized spacial score (nSPS) is 16.1. The van der Waals surface area contributed by atoms with E-state index in [9.17, 15) is 4.79 Å². The Hall–Kier alpha value is -1.82. The molecule has 1 saturated heterocycles. The van der Waals surface area contributed by atoms with Crippen LogP contribution in [0.4, 0.5) is 4.79 Å². The van der Waals surface area contributed by atoms with Gasteiger partial charge >= 0.3 is 6.09 Å². The van der Waals surface area contributed by atoms with Crippen LogP contribution in [-0.4, -0.2) is 40.8 Å². The molecule has 3 rings (SSSR count). The first-order valence-corrected chi connectivity index (χ1v) is 9.29. The molecule has 1 fully saturated rings. The molecule has 0 bridgehead atoms. The number of halogens is 1. The lowest BCUT2D eigenvalue weighted by molar-refractivity contribution is 0.0126. The Balaban J connectivity index is 1.61. The molecule has 1 aromatic carbocycles. The minimum Gasteiger partial charge on any atom is -0.489 e. The van der Waals surface area contributed by atoms with E-state index < -0.39 is 5.60 Å². The van der Waals surface area contributed by atoms with Crippen LogP contribution in [0.2, 0.25) is 0 Å². The average molecular weight is 407 g/mol. The Bertz CT molecular complexity index is 765. The number of carbonyl (C=O) groups excluding carboxylic acids is 1. The lowest BCUT2D eigenvalue weighted by atomic mass is 10.1. The third-order valence-electron chi connectivity index (χ3n) is 4.11. The summed E-state index contributed by atoms with van der Waals surface area (Å²) in [6, 6.07) is 5.95. The fraction of sp³-hybridized carbons (Fsp3) is 0.474. The Morgan fingerprint density at radius 1 is 1.24 bits per heavy atom. The minimum atomic E-state index is -0.463. The van der Waals surface area contributed by atoms with Gasteiger partial charge in [0.1, 0.15) is 17.5 Å². The van der Waals surface area contributed by atoms with Crippen molar-refractivity contribution in [1.29, 1.82) is 0 Å². The summed E-state index contributed by atoms with van der Waals surface area (Å²) < 4.78 is 12.6. The molecule has 2 heterocycles. The number of ether oxygens (including phenoxy) is 2. The van der Waals surface area contributed by atoms with Gasteiger partial charge in [-0.3, -0.25) is 4.98 Å². The highest BCUT2D eigenvalue weighted by Crippen LogP contribution is 2.34. The zero-order valence-corrected chi connectivity index (χ0v) is 16.4. The molecule has 1 aromatic heterocycles. The molecule has 6 heteroatoms. The molecule has 134 valence electrons. The van der Waals surface area contributed by atoms with Crippen LogP contribution in [0.25, 0.3) is 10.8 Å². The van der Waals surface area contributed by atoms with Crippen LogP contribution in [0.1, 0.15) is 33.6 Å². The summed E-state index contributed by atoms with van der Waals surface area (Å²) in [5.41, 5.74) is -0.463. The molecule has 2 aromatic rings. The number of piperidine rings is 1. The predicted octanol–water partition coefficient (Wildman–Crippen LogP) is 4.78. The highest BCUT2D eigenvalue weighted by Gasteiger charge is 2.28. The van der Waals surface area contributed by atoms with Gasteiger partial charge in [0.2, 0.25) is 0 Å². The van der Waals surface area contributed by atoms with Crippen molar-refractivity contribution in [2.24, 2.45) is 0 Å². The Morgan fingerprint density at radius 3 is 2.64 bits per heavy atom. The topological polar surface area (TPSA) is 51.7 Å². The van der Waals surface area contributed by atoms with E-state index in [0.29, 0.717) is 13.1 Å². The molecule has 1 aliphatic heterocycles. The second-order valence-corrected chi connectivity index (χ2v) is 8.05. The Morgan fingerprint density at radius 2 is 1.96 bits per heavy atom. The minimum absolute atomic E-state index is 0.0919. The van der Waals surface area contributed by atoms with Gasteiger partial charge in [0.05, 0.1) is 4.47 Å². The Labute approximate surface area is 156 Å². The molecule has 0 aliphatic carbocycles. The van der Waals surface area contributed by atoms with Crippen molar-refractivity contribution in [2.45, 2.75) is 45.3 Å². The van der Waals surface area contributed by atoms with Gasteiger partial charge < -0.3 is 14.4 Å². The summed E-state index contributed by atoms with van der Waals surface area (Å²) in [6.07, 6.45) is 5.04. The second kappa shape index (κ2) is 7.20. The molecule has 0 radical (unpaired) electrons. The van der Waals surface area contributed by atoms with Crippen molar-refractivity contribution in [3.05, 3.63) is 35.1 Å². The van der Waals surface area contributed by atoms with E-state index in [4.69, 9.17) is 9.47 Å². The maximum Gasteiger partial charge on any atom is 0.410 e. The third-order valence-corrected chi connectivity index (χ3v) is 4.92. The van der Waals surface area contributed by atoms with Gasteiger partial charge in [0.25, 0.3) is 0 Å². The molecular weight excluding hydrogens is 384 g/mol. The number of amides is 1. The van der Waals surface area contributed by atoms with Gasteiger partial charge in [-0.1, -0.05) is 0 Å². The van der Waals surface area contributed by atoms with Crippen LogP contribution in [0.3, 0.4) is 0 Å². The highest BCUT2D eigenvalue weighted by atomic mass is 79.9. The predicted molar refractivity (Wildman–Crippen MR) is 101 cm³/mol. The van der Waals surface area contributed by atoms with E-state index in [1.54, 1.807) is 11.1 Å². The molecular formula is C19H23BrN2O3. The van der Waals surface area contributed by atoms with Crippen LogP contribution in [0.5, 0.6) is 5.75 Å².